The molecule has 0 saturated heterocycles. The predicted octanol–water partition coefficient (Wildman–Crippen LogP) is 3.95. The Hall–Kier alpha value is -1.50. The van der Waals surface area contributed by atoms with E-state index in [4.69, 9.17) is 45.3 Å². The molecule has 9 heteroatoms. The maximum Gasteiger partial charge on any atom is 0.323 e. The minimum absolute atomic E-state index is 0.0368. The van der Waals surface area contributed by atoms with Gasteiger partial charge in [0.05, 0.1) is 27.4 Å². The molecule has 0 amide bonds. The van der Waals surface area contributed by atoms with Gasteiger partial charge in [0.2, 0.25) is 11.9 Å². The summed E-state index contributed by atoms with van der Waals surface area (Å²) in [6.45, 7) is 2.45. The molecule has 0 unspecified atom stereocenters. The van der Waals surface area contributed by atoms with Crippen LogP contribution < -0.4 is 15.8 Å². The van der Waals surface area contributed by atoms with E-state index < -0.39 is 0 Å². The van der Waals surface area contributed by atoms with E-state index in [-0.39, 0.29) is 17.9 Å². The molecule has 0 fully saturated rings. The van der Waals surface area contributed by atoms with Gasteiger partial charge in [0.1, 0.15) is 0 Å². The highest BCUT2D eigenvalue weighted by Crippen LogP contribution is 2.33. The van der Waals surface area contributed by atoms with Gasteiger partial charge < -0.3 is 15.8 Å². The molecule has 0 aliphatic heterocycles. The predicted molar refractivity (Wildman–Crippen MR) is 84.8 cm³/mol. The molecule has 1 aromatic heterocycles. The Morgan fingerprint density at radius 1 is 1.10 bits per heavy atom. The van der Waals surface area contributed by atoms with E-state index in [1.165, 1.54) is 6.07 Å². The van der Waals surface area contributed by atoms with Crippen LogP contribution in [0.1, 0.15) is 13.3 Å². The highest BCUT2D eigenvalue weighted by Gasteiger charge is 2.10. The van der Waals surface area contributed by atoms with Gasteiger partial charge in [-0.15, -0.1) is 0 Å². The number of hydrogen-bond donors (Lipinski definition) is 2. The summed E-state index contributed by atoms with van der Waals surface area (Å²) in [5.74, 6) is 0.240. The third kappa shape index (κ3) is 4.23. The van der Waals surface area contributed by atoms with Gasteiger partial charge in [-0.05, 0) is 18.6 Å². The van der Waals surface area contributed by atoms with Gasteiger partial charge in [-0.1, -0.05) is 41.7 Å². The number of nitrogens with zero attached hydrogens (tertiary/aromatic N) is 3. The van der Waals surface area contributed by atoms with Crippen molar-refractivity contribution in [3.8, 4) is 6.01 Å². The van der Waals surface area contributed by atoms with Crippen LogP contribution in [0.5, 0.6) is 6.01 Å². The first-order chi connectivity index (χ1) is 9.99. The van der Waals surface area contributed by atoms with Crippen molar-refractivity contribution in [3.63, 3.8) is 0 Å². The third-order valence-electron chi connectivity index (χ3n) is 2.32. The lowest BCUT2D eigenvalue weighted by Gasteiger charge is -2.10. The van der Waals surface area contributed by atoms with Gasteiger partial charge in [-0.25, -0.2) is 0 Å². The first-order valence-corrected chi connectivity index (χ1v) is 7.19. The van der Waals surface area contributed by atoms with E-state index in [2.05, 4.69) is 20.3 Å². The second kappa shape index (κ2) is 6.98. The standard InChI is InChI=1S/C12H12Cl3N5O/c1-2-3-21-12-19-10(16)18-11(20-12)17-9-5-7(14)6(13)4-8(9)15/h4-5H,2-3H2,1H3,(H3,16,17,18,19,20). The van der Waals surface area contributed by atoms with Crippen LogP contribution in [-0.2, 0) is 0 Å². The fourth-order valence-electron chi connectivity index (χ4n) is 1.42. The lowest BCUT2D eigenvalue weighted by Crippen LogP contribution is -2.07. The van der Waals surface area contributed by atoms with Crippen molar-refractivity contribution in [2.24, 2.45) is 0 Å². The van der Waals surface area contributed by atoms with Crippen LogP contribution in [0.4, 0.5) is 17.6 Å². The lowest BCUT2D eigenvalue weighted by atomic mass is 10.3. The maximum absolute atomic E-state index is 6.08. The molecular weight excluding hydrogens is 337 g/mol. The number of benzene rings is 1. The third-order valence-corrected chi connectivity index (χ3v) is 3.36. The van der Waals surface area contributed by atoms with Gasteiger partial charge >= 0.3 is 6.01 Å². The highest BCUT2D eigenvalue weighted by molar-refractivity contribution is 6.44. The second-order valence-corrected chi connectivity index (χ2v) is 5.24. The summed E-state index contributed by atoms with van der Waals surface area (Å²) >= 11 is 17.9. The molecule has 1 aromatic carbocycles. The van der Waals surface area contributed by atoms with Crippen molar-refractivity contribution in [3.05, 3.63) is 27.2 Å². The summed E-state index contributed by atoms with van der Waals surface area (Å²) in [5, 5.41) is 3.99. The van der Waals surface area contributed by atoms with Gasteiger partial charge in [0.15, 0.2) is 0 Å². The number of ether oxygens (including phenoxy) is 1. The van der Waals surface area contributed by atoms with Crippen molar-refractivity contribution in [1.29, 1.82) is 0 Å². The van der Waals surface area contributed by atoms with Gasteiger partial charge in [-0.3, -0.25) is 0 Å². The zero-order chi connectivity index (χ0) is 15.4. The molecule has 2 aromatic rings. The van der Waals surface area contributed by atoms with Crippen LogP contribution in [0, 0.1) is 0 Å². The number of nitrogens with one attached hydrogen (secondary N) is 1. The molecule has 0 aliphatic rings. The van der Waals surface area contributed by atoms with Crippen molar-refractivity contribution in [2.75, 3.05) is 17.7 Å². The summed E-state index contributed by atoms with van der Waals surface area (Å²) < 4.78 is 5.33. The van der Waals surface area contributed by atoms with E-state index in [1.807, 2.05) is 6.92 Å². The molecule has 0 spiro atoms. The Labute approximate surface area is 136 Å². The monoisotopic (exact) mass is 347 g/mol. The van der Waals surface area contributed by atoms with Crippen molar-refractivity contribution < 1.29 is 4.74 Å². The van der Waals surface area contributed by atoms with Crippen LogP contribution >= 0.6 is 34.8 Å². The van der Waals surface area contributed by atoms with E-state index in [0.29, 0.717) is 27.4 Å². The van der Waals surface area contributed by atoms with E-state index >= 15 is 0 Å². The number of halogens is 3. The average molecular weight is 349 g/mol. The molecule has 3 N–H and O–H groups in total. The molecular formula is C12H12Cl3N5O. The number of hydrogen-bond acceptors (Lipinski definition) is 6. The van der Waals surface area contributed by atoms with Crippen molar-refractivity contribution in [2.45, 2.75) is 13.3 Å². The second-order valence-electron chi connectivity index (χ2n) is 4.02. The molecule has 0 radical (unpaired) electrons. The molecule has 0 atom stereocenters. The summed E-state index contributed by atoms with van der Waals surface area (Å²) in [7, 11) is 0. The molecule has 21 heavy (non-hydrogen) atoms. The molecule has 1 heterocycles. The van der Waals surface area contributed by atoms with E-state index in [9.17, 15) is 0 Å². The van der Waals surface area contributed by atoms with Crippen molar-refractivity contribution >= 4 is 52.4 Å². The minimum atomic E-state index is 0.0368. The summed E-state index contributed by atoms with van der Waals surface area (Å²) in [5.41, 5.74) is 6.11. The largest absolute Gasteiger partial charge is 0.463 e. The van der Waals surface area contributed by atoms with Crippen LogP contribution in [0.15, 0.2) is 12.1 Å². The summed E-state index contributed by atoms with van der Waals surface area (Å²) in [6, 6.07) is 3.23. The molecule has 0 saturated carbocycles. The number of rotatable bonds is 5. The van der Waals surface area contributed by atoms with E-state index in [0.717, 1.165) is 6.42 Å². The Balaban J connectivity index is 2.27. The average Bonchev–Trinajstić information content (AvgIpc) is 2.42. The molecule has 0 bridgehead atoms. The van der Waals surface area contributed by atoms with Crippen LogP contribution in [-0.4, -0.2) is 21.6 Å². The Morgan fingerprint density at radius 2 is 1.81 bits per heavy atom. The molecule has 2 rings (SSSR count). The highest BCUT2D eigenvalue weighted by atomic mass is 35.5. The Morgan fingerprint density at radius 3 is 2.52 bits per heavy atom. The van der Waals surface area contributed by atoms with Gasteiger partial charge in [0, 0.05) is 0 Å². The first-order valence-electron chi connectivity index (χ1n) is 6.05. The SMILES string of the molecule is CCCOc1nc(N)nc(Nc2cc(Cl)c(Cl)cc2Cl)n1. The summed E-state index contributed by atoms with van der Waals surface area (Å²) in [6.07, 6.45) is 0.826. The zero-order valence-electron chi connectivity index (χ0n) is 11.0. The van der Waals surface area contributed by atoms with Crippen LogP contribution in [0.3, 0.4) is 0 Å². The quantitative estimate of drug-likeness (QED) is 0.796. The van der Waals surface area contributed by atoms with Crippen LogP contribution in [0.25, 0.3) is 0 Å². The van der Waals surface area contributed by atoms with Gasteiger partial charge in [0.25, 0.3) is 0 Å². The smallest absolute Gasteiger partial charge is 0.323 e. The van der Waals surface area contributed by atoms with Crippen LogP contribution in [0.2, 0.25) is 15.1 Å². The number of nitrogens with two attached hydrogens (primary N) is 1. The zero-order valence-corrected chi connectivity index (χ0v) is 13.3. The number of nitrogen functional groups attached to an aromatic ring is 1. The molecule has 6 nitrogen and oxygen atoms in total. The maximum atomic E-state index is 6.08. The number of aromatic nitrogens is 3. The summed E-state index contributed by atoms with van der Waals surface area (Å²) in [4.78, 5) is 11.9. The fraction of sp³-hybridized carbons (Fsp3) is 0.250. The lowest BCUT2D eigenvalue weighted by molar-refractivity contribution is 0.292. The minimum Gasteiger partial charge on any atom is -0.463 e. The fourth-order valence-corrected chi connectivity index (χ4v) is 2.02. The normalized spacial score (nSPS) is 10.5. The molecule has 0 aliphatic carbocycles. The number of anilines is 3. The Kier molecular flexibility index (Phi) is 5.27. The molecule has 112 valence electrons. The van der Waals surface area contributed by atoms with Crippen molar-refractivity contribution in [1.82, 2.24) is 15.0 Å². The topological polar surface area (TPSA) is 86.0 Å². The van der Waals surface area contributed by atoms with E-state index in [1.54, 1.807) is 6.07 Å². The first kappa shape index (κ1) is 15.9. The van der Waals surface area contributed by atoms with Gasteiger partial charge in [-0.2, -0.15) is 15.0 Å². The Bertz CT molecular complexity index is 653.